The Hall–Kier alpha value is -2.74. The molecule has 7 heteroatoms. The number of aromatic nitrogens is 1. The van der Waals surface area contributed by atoms with E-state index < -0.39 is 17.6 Å². The predicted octanol–water partition coefficient (Wildman–Crippen LogP) is 5.15. The van der Waals surface area contributed by atoms with Gasteiger partial charge < -0.3 is 14.8 Å². The molecule has 32 heavy (non-hydrogen) atoms. The van der Waals surface area contributed by atoms with Crippen molar-refractivity contribution in [3.63, 3.8) is 0 Å². The average Bonchev–Trinajstić information content (AvgIpc) is 3.33. The molecule has 0 radical (unpaired) electrons. The van der Waals surface area contributed by atoms with Gasteiger partial charge in [-0.15, -0.1) is 0 Å². The van der Waals surface area contributed by atoms with Crippen molar-refractivity contribution in [1.29, 1.82) is 0 Å². The molecule has 4 nitrogen and oxygen atoms in total. The van der Waals surface area contributed by atoms with Crippen LogP contribution in [0, 0.1) is 0 Å². The number of aliphatic hydroxyl groups excluding tert-OH is 1. The molecule has 0 saturated heterocycles. The number of aliphatic imine (C=N–C) groups is 1. The zero-order chi connectivity index (χ0) is 22.4. The summed E-state index contributed by atoms with van der Waals surface area (Å²) < 4.78 is 31.1. The fourth-order valence-electron chi connectivity index (χ4n) is 4.52. The Labute approximate surface area is 188 Å². The molecule has 2 unspecified atom stereocenters. The van der Waals surface area contributed by atoms with Gasteiger partial charge in [0, 0.05) is 17.3 Å². The van der Waals surface area contributed by atoms with Gasteiger partial charge in [-0.1, -0.05) is 60.3 Å². The molecule has 2 atom stereocenters. The van der Waals surface area contributed by atoms with Crippen LogP contribution in [-0.4, -0.2) is 37.4 Å². The number of aliphatic hydroxyl groups is 2. The van der Waals surface area contributed by atoms with Gasteiger partial charge in [-0.05, 0) is 35.8 Å². The van der Waals surface area contributed by atoms with Crippen LogP contribution in [-0.2, 0) is 13.0 Å². The van der Waals surface area contributed by atoms with E-state index in [-0.39, 0.29) is 23.8 Å². The van der Waals surface area contributed by atoms with Gasteiger partial charge in [-0.2, -0.15) is 0 Å². The minimum Gasteiger partial charge on any atom is -0.367 e. The Bertz CT molecular complexity index is 1280. The maximum Gasteiger partial charge on any atom is 0.169 e. The molecule has 0 fully saturated rings. The molecular weight excluding hydrogens is 430 g/mol. The maximum atomic E-state index is 14.7. The Morgan fingerprint density at radius 3 is 2.53 bits per heavy atom. The van der Waals surface area contributed by atoms with Crippen molar-refractivity contribution in [3.8, 4) is 11.3 Å². The highest BCUT2D eigenvalue weighted by Crippen LogP contribution is 2.43. The highest BCUT2D eigenvalue weighted by atomic mass is 32.2. The molecule has 2 heterocycles. The van der Waals surface area contributed by atoms with E-state index in [4.69, 9.17) is 0 Å². The summed E-state index contributed by atoms with van der Waals surface area (Å²) >= 11 is 1.26. The van der Waals surface area contributed by atoms with Gasteiger partial charge in [0.1, 0.15) is 17.7 Å². The summed E-state index contributed by atoms with van der Waals surface area (Å²) in [4.78, 5) is 4.56. The highest BCUT2D eigenvalue weighted by molar-refractivity contribution is 8.15. The van der Waals surface area contributed by atoms with Gasteiger partial charge >= 0.3 is 0 Å². The van der Waals surface area contributed by atoms with Crippen molar-refractivity contribution in [1.82, 2.24) is 4.57 Å². The first-order chi connectivity index (χ1) is 15.4. The molecule has 3 aromatic rings. The van der Waals surface area contributed by atoms with Gasteiger partial charge in [0.15, 0.2) is 6.29 Å². The third-order valence-electron chi connectivity index (χ3n) is 5.89. The number of hydrogen-bond donors (Lipinski definition) is 2. The molecule has 0 spiro atoms. The van der Waals surface area contributed by atoms with E-state index in [0.29, 0.717) is 11.5 Å². The topological polar surface area (TPSA) is 57.8 Å². The van der Waals surface area contributed by atoms with Crippen LogP contribution in [0.5, 0.6) is 0 Å². The van der Waals surface area contributed by atoms with Crippen LogP contribution >= 0.6 is 11.8 Å². The van der Waals surface area contributed by atoms with Crippen molar-refractivity contribution >= 4 is 27.7 Å². The average molecular weight is 453 g/mol. The SMILES string of the molecule is CC1=C(F)C2N=C(Cc3c(-c4ccccc4)n(CC(O)O)c4ccccc34)SC2C(F)=C1. The summed E-state index contributed by atoms with van der Waals surface area (Å²) in [6.07, 6.45) is 0.131. The maximum absolute atomic E-state index is 14.7. The van der Waals surface area contributed by atoms with Crippen LogP contribution in [0.1, 0.15) is 12.5 Å². The molecule has 0 saturated carbocycles. The number of fused-ring (bicyclic) bond motifs is 2. The normalized spacial score (nSPS) is 20.7. The molecular formula is C25H22F2N2O2S. The molecule has 5 rings (SSSR count). The third-order valence-corrected chi connectivity index (χ3v) is 7.15. The number of rotatable bonds is 5. The van der Waals surface area contributed by atoms with Crippen molar-refractivity contribution in [2.24, 2.45) is 4.99 Å². The quantitative estimate of drug-likeness (QED) is 0.526. The summed E-state index contributed by atoms with van der Waals surface area (Å²) in [5, 5.41) is 20.5. The zero-order valence-corrected chi connectivity index (χ0v) is 18.2. The molecule has 2 aromatic carbocycles. The molecule has 0 bridgehead atoms. The van der Waals surface area contributed by atoms with Crippen LogP contribution in [0.2, 0.25) is 0 Å². The van der Waals surface area contributed by atoms with E-state index in [1.165, 1.54) is 17.8 Å². The van der Waals surface area contributed by atoms with Gasteiger partial charge in [0.2, 0.25) is 0 Å². The van der Waals surface area contributed by atoms with Gasteiger partial charge in [-0.25, -0.2) is 8.78 Å². The largest absolute Gasteiger partial charge is 0.367 e. The lowest BCUT2D eigenvalue weighted by Crippen LogP contribution is -2.22. The molecule has 164 valence electrons. The van der Waals surface area contributed by atoms with Gasteiger partial charge in [-0.3, -0.25) is 4.99 Å². The summed E-state index contributed by atoms with van der Waals surface area (Å²) in [5.41, 5.74) is 3.87. The Morgan fingerprint density at radius 2 is 1.78 bits per heavy atom. The van der Waals surface area contributed by atoms with E-state index in [2.05, 4.69) is 4.99 Å². The second-order valence-electron chi connectivity index (χ2n) is 8.04. The lowest BCUT2D eigenvalue weighted by molar-refractivity contribution is -0.0502. The number of hydrogen-bond acceptors (Lipinski definition) is 4. The second kappa shape index (κ2) is 8.31. The molecule has 0 amide bonds. The first-order valence-electron chi connectivity index (χ1n) is 10.4. The number of nitrogens with zero attached hydrogens (tertiary/aromatic N) is 2. The summed E-state index contributed by atoms with van der Waals surface area (Å²) in [6.45, 7) is 1.56. The lowest BCUT2D eigenvalue weighted by atomic mass is 10.0. The van der Waals surface area contributed by atoms with Crippen LogP contribution in [0.4, 0.5) is 8.78 Å². The van der Waals surface area contributed by atoms with Crippen LogP contribution < -0.4 is 0 Å². The van der Waals surface area contributed by atoms with Crippen molar-refractivity contribution in [2.45, 2.75) is 37.5 Å². The first kappa shape index (κ1) is 21.1. The molecule has 2 N–H and O–H groups in total. The van der Waals surface area contributed by atoms with E-state index >= 15 is 0 Å². The standard InChI is InChI=1S/C25H22F2N2O2S/c1-14-11-18(26)25-23(22(14)27)28-20(32-25)12-17-16-9-5-6-10-19(16)29(13-21(30)31)24(17)15-7-3-2-4-8-15/h2-11,21,23,25,30-31H,12-13H2,1H3. The minimum absolute atomic E-state index is 0.00351. The lowest BCUT2D eigenvalue weighted by Gasteiger charge is -2.19. The molecule has 1 aliphatic carbocycles. The van der Waals surface area contributed by atoms with E-state index in [0.717, 1.165) is 27.7 Å². The summed E-state index contributed by atoms with van der Waals surface area (Å²) in [5.74, 6) is -0.736. The van der Waals surface area contributed by atoms with E-state index in [9.17, 15) is 19.0 Å². The number of thioether (sulfide) groups is 1. The smallest absolute Gasteiger partial charge is 0.169 e. The second-order valence-corrected chi connectivity index (χ2v) is 9.26. The molecule has 1 aromatic heterocycles. The Kier molecular flexibility index (Phi) is 5.49. The van der Waals surface area contributed by atoms with Crippen molar-refractivity contribution < 1.29 is 19.0 Å². The zero-order valence-electron chi connectivity index (χ0n) is 17.4. The number of benzene rings is 2. The summed E-state index contributed by atoms with van der Waals surface area (Å²) in [7, 11) is 0. The number of allylic oxidation sites excluding steroid dienone is 2. The van der Waals surface area contributed by atoms with Gasteiger partial charge in [0.25, 0.3) is 0 Å². The van der Waals surface area contributed by atoms with Crippen LogP contribution in [0.15, 0.2) is 82.9 Å². The van der Waals surface area contributed by atoms with Crippen LogP contribution in [0.25, 0.3) is 22.2 Å². The third kappa shape index (κ3) is 3.60. The van der Waals surface area contributed by atoms with E-state index in [1.54, 1.807) is 6.92 Å². The predicted molar refractivity (Wildman–Crippen MR) is 125 cm³/mol. The number of halogens is 2. The van der Waals surface area contributed by atoms with Gasteiger partial charge in [0.05, 0.1) is 22.5 Å². The number of para-hydroxylation sites is 1. The highest BCUT2D eigenvalue weighted by Gasteiger charge is 2.40. The molecule has 2 aliphatic rings. The van der Waals surface area contributed by atoms with Crippen molar-refractivity contribution in [3.05, 3.63) is 83.5 Å². The first-order valence-corrected chi connectivity index (χ1v) is 11.3. The van der Waals surface area contributed by atoms with Crippen molar-refractivity contribution in [2.75, 3.05) is 0 Å². The van der Waals surface area contributed by atoms with E-state index in [1.807, 2.05) is 59.2 Å². The fraction of sp³-hybridized carbons (Fsp3) is 0.240. The molecule has 1 aliphatic heterocycles. The Morgan fingerprint density at radius 1 is 1.06 bits per heavy atom. The minimum atomic E-state index is -1.52. The van der Waals surface area contributed by atoms with Crippen LogP contribution in [0.3, 0.4) is 0 Å². The summed E-state index contributed by atoms with van der Waals surface area (Å²) in [6, 6.07) is 16.6. The Balaban J connectivity index is 1.64. The fourth-order valence-corrected chi connectivity index (χ4v) is 5.71. The monoisotopic (exact) mass is 452 g/mol.